The first kappa shape index (κ1) is 16.6. The van der Waals surface area contributed by atoms with E-state index in [0.717, 1.165) is 17.0 Å². The second-order valence-electron chi connectivity index (χ2n) is 5.60. The van der Waals surface area contributed by atoms with Crippen LogP contribution in [0.2, 0.25) is 0 Å². The van der Waals surface area contributed by atoms with E-state index in [-0.39, 0.29) is 0 Å². The van der Waals surface area contributed by atoms with Crippen LogP contribution in [0.1, 0.15) is 5.56 Å². The molecular weight excluding hydrogens is 318 g/mol. The van der Waals surface area contributed by atoms with E-state index in [1.807, 2.05) is 61.5 Å². The largest absolute Gasteiger partial charge is 0.492 e. The number of ether oxygens (including phenoxy) is 1. The van der Waals surface area contributed by atoms with Gasteiger partial charge in [-0.25, -0.2) is 4.79 Å². The molecule has 0 saturated heterocycles. The van der Waals surface area contributed by atoms with E-state index in [2.05, 4.69) is 10.3 Å². The zero-order chi connectivity index (χ0) is 17.6. The molecule has 6 nitrogen and oxygen atoms in total. The highest BCUT2D eigenvalue weighted by atomic mass is 16.5. The van der Waals surface area contributed by atoms with Crippen LogP contribution in [0, 0.1) is 6.92 Å². The van der Waals surface area contributed by atoms with E-state index in [4.69, 9.17) is 4.74 Å². The molecule has 0 unspecified atom stereocenters. The van der Waals surface area contributed by atoms with Gasteiger partial charge in [0.25, 0.3) is 5.56 Å². The van der Waals surface area contributed by atoms with E-state index >= 15 is 0 Å². The summed E-state index contributed by atoms with van der Waals surface area (Å²) >= 11 is 0. The molecule has 1 heterocycles. The summed E-state index contributed by atoms with van der Waals surface area (Å²) in [6.07, 6.45) is 1.52. The molecule has 6 heteroatoms. The summed E-state index contributed by atoms with van der Waals surface area (Å²) in [6.45, 7) is 2.59. The zero-order valence-electron chi connectivity index (χ0n) is 13.9. The number of benzene rings is 2. The molecule has 0 spiro atoms. The van der Waals surface area contributed by atoms with Crippen molar-refractivity contribution in [2.45, 2.75) is 13.5 Å². The first-order chi connectivity index (χ1) is 12.1. The van der Waals surface area contributed by atoms with Crippen molar-refractivity contribution >= 4 is 11.4 Å². The average Bonchev–Trinajstić information content (AvgIpc) is 2.61. The fourth-order valence-corrected chi connectivity index (χ4v) is 2.40. The molecule has 2 aromatic carbocycles. The topological polar surface area (TPSA) is 76.1 Å². The molecule has 2 N–H and O–H groups in total. The zero-order valence-corrected chi connectivity index (χ0v) is 13.9. The Hall–Kier alpha value is -3.28. The Labute approximate surface area is 144 Å². The Kier molecular flexibility index (Phi) is 4.99. The molecule has 128 valence electrons. The summed E-state index contributed by atoms with van der Waals surface area (Å²) in [5, 5.41) is 3.07. The van der Waals surface area contributed by atoms with Crippen molar-refractivity contribution in [3.8, 4) is 5.75 Å². The Morgan fingerprint density at radius 1 is 1.00 bits per heavy atom. The quantitative estimate of drug-likeness (QED) is 0.725. The maximum absolute atomic E-state index is 12.0. The lowest BCUT2D eigenvalue weighted by molar-refractivity contribution is 0.295. The molecule has 3 rings (SSSR count). The predicted molar refractivity (Wildman–Crippen MR) is 97.7 cm³/mol. The van der Waals surface area contributed by atoms with Gasteiger partial charge >= 0.3 is 5.69 Å². The van der Waals surface area contributed by atoms with Gasteiger partial charge in [0, 0.05) is 11.9 Å². The van der Waals surface area contributed by atoms with Gasteiger partial charge in [0.1, 0.15) is 18.0 Å². The number of para-hydroxylation sites is 2. The molecule has 0 saturated carbocycles. The lowest BCUT2D eigenvalue weighted by Gasteiger charge is -2.11. The van der Waals surface area contributed by atoms with Gasteiger partial charge < -0.3 is 10.1 Å². The third kappa shape index (κ3) is 4.17. The Morgan fingerprint density at radius 3 is 2.48 bits per heavy atom. The van der Waals surface area contributed by atoms with Crippen LogP contribution in [0.25, 0.3) is 0 Å². The first-order valence-corrected chi connectivity index (χ1v) is 7.98. The number of anilines is 2. The summed E-state index contributed by atoms with van der Waals surface area (Å²) in [4.78, 5) is 26.3. The van der Waals surface area contributed by atoms with Crippen molar-refractivity contribution in [1.82, 2.24) is 9.55 Å². The Morgan fingerprint density at radius 2 is 1.72 bits per heavy atom. The highest BCUT2D eigenvalue weighted by Crippen LogP contribution is 2.17. The van der Waals surface area contributed by atoms with Crippen molar-refractivity contribution in [1.29, 1.82) is 0 Å². The van der Waals surface area contributed by atoms with Gasteiger partial charge in [-0.15, -0.1) is 0 Å². The predicted octanol–water partition coefficient (Wildman–Crippen LogP) is 2.67. The number of rotatable bonds is 6. The molecular formula is C19H19N3O3. The van der Waals surface area contributed by atoms with Crippen molar-refractivity contribution in [2.75, 3.05) is 11.9 Å². The van der Waals surface area contributed by atoms with E-state index in [1.54, 1.807) is 0 Å². The number of H-pyrrole nitrogens is 1. The van der Waals surface area contributed by atoms with Crippen LogP contribution in [0.4, 0.5) is 11.4 Å². The average molecular weight is 337 g/mol. The molecule has 0 aliphatic carbocycles. The molecule has 0 aliphatic rings. The minimum absolute atomic E-state index is 0.314. The number of aryl methyl sites for hydroxylation is 1. The van der Waals surface area contributed by atoms with Gasteiger partial charge in [-0.1, -0.05) is 36.4 Å². The maximum Gasteiger partial charge on any atom is 0.328 e. The van der Waals surface area contributed by atoms with Gasteiger partial charge in [-0.3, -0.25) is 14.3 Å². The Bertz CT molecular complexity index is 961. The van der Waals surface area contributed by atoms with Crippen LogP contribution >= 0.6 is 0 Å². The van der Waals surface area contributed by atoms with Gasteiger partial charge in [-0.05, 0) is 30.7 Å². The molecule has 0 fully saturated rings. The molecule has 25 heavy (non-hydrogen) atoms. The standard InChI is InChI=1S/C19H19N3O3/c1-14-7-5-6-10-16(14)20-17-13-22(19(24)21-18(17)23)11-12-25-15-8-3-2-4-9-15/h2-10,13,20H,11-12H2,1H3,(H,21,23,24). The summed E-state index contributed by atoms with van der Waals surface area (Å²) < 4.78 is 7.02. The minimum Gasteiger partial charge on any atom is -0.492 e. The molecule has 0 radical (unpaired) electrons. The number of aromatic amines is 1. The molecule has 0 aliphatic heterocycles. The van der Waals surface area contributed by atoms with Crippen LogP contribution in [0.5, 0.6) is 5.75 Å². The number of hydrogen-bond donors (Lipinski definition) is 2. The third-order valence-electron chi connectivity index (χ3n) is 3.77. The van der Waals surface area contributed by atoms with Gasteiger partial charge in [0.15, 0.2) is 0 Å². The van der Waals surface area contributed by atoms with Crippen molar-refractivity contribution in [3.05, 3.63) is 87.2 Å². The summed E-state index contributed by atoms with van der Waals surface area (Å²) in [7, 11) is 0. The highest BCUT2D eigenvalue weighted by molar-refractivity contribution is 5.61. The molecule has 3 aromatic rings. The summed E-state index contributed by atoms with van der Waals surface area (Å²) in [6, 6.07) is 17.0. The van der Waals surface area contributed by atoms with Crippen molar-refractivity contribution < 1.29 is 4.74 Å². The van der Waals surface area contributed by atoms with Crippen LogP contribution < -0.4 is 21.3 Å². The van der Waals surface area contributed by atoms with E-state index < -0.39 is 11.2 Å². The number of hydrogen-bond acceptors (Lipinski definition) is 4. The maximum atomic E-state index is 12.0. The van der Waals surface area contributed by atoms with Crippen LogP contribution in [0.3, 0.4) is 0 Å². The van der Waals surface area contributed by atoms with E-state index in [9.17, 15) is 9.59 Å². The molecule has 1 aromatic heterocycles. The van der Waals surface area contributed by atoms with Gasteiger partial charge in [-0.2, -0.15) is 0 Å². The van der Waals surface area contributed by atoms with Crippen LogP contribution in [-0.2, 0) is 6.54 Å². The lowest BCUT2D eigenvalue weighted by atomic mass is 10.2. The normalized spacial score (nSPS) is 10.4. The Balaban J connectivity index is 1.75. The summed E-state index contributed by atoms with van der Waals surface area (Å²) in [5.74, 6) is 0.734. The highest BCUT2D eigenvalue weighted by Gasteiger charge is 2.06. The van der Waals surface area contributed by atoms with Gasteiger partial charge in [0.05, 0.1) is 6.54 Å². The van der Waals surface area contributed by atoms with Gasteiger partial charge in [0.2, 0.25) is 0 Å². The summed E-state index contributed by atoms with van der Waals surface area (Å²) in [5.41, 5.74) is 1.23. The fourth-order valence-electron chi connectivity index (χ4n) is 2.40. The van der Waals surface area contributed by atoms with Crippen molar-refractivity contribution in [2.24, 2.45) is 0 Å². The third-order valence-corrected chi connectivity index (χ3v) is 3.77. The number of nitrogens with zero attached hydrogens (tertiary/aromatic N) is 1. The molecule has 0 bridgehead atoms. The molecule has 0 amide bonds. The number of aromatic nitrogens is 2. The van der Waals surface area contributed by atoms with Crippen LogP contribution in [0.15, 0.2) is 70.4 Å². The smallest absolute Gasteiger partial charge is 0.328 e. The van der Waals surface area contributed by atoms with Crippen molar-refractivity contribution in [3.63, 3.8) is 0 Å². The fraction of sp³-hybridized carbons (Fsp3) is 0.158. The van der Waals surface area contributed by atoms with E-state index in [1.165, 1.54) is 10.8 Å². The second kappa shape index (κ2) is 7.53. The molecule has 0 atom stereocenters. The minimum atomic E-state index is -0.461. The van der Waals surface area contributed by atoms with E-state index in [0.29, 0.717) is 18.8 Å². The van der Waals surface area contributed by atoms with Crippen LogP contribution in [-0.4, -0.2) is 16.2 Å². The first-order valence-electron chi connectivity index (χ1n) is 7.98. The second-order valence-corrected chi connectivity index (χ2v) is 5.60. The lowest BCUT2D eigenvalue weighted by Crippen LogP contribution is -2.32. The SMILES string of the molecule is Cc1ccccc1Nc1cn(CCOc2ccccc2)c(=O)[nH]c1=O. The number of nitrogens with one attached hydrogen (secondary N) is 2. The monoisotopic (exact) mass is 337 g/mol.